The Kier molecular flexibility index (Phi) is 4.64. The molecule has 0 bridgehead atoms. The van der Waals surface area contributed by atoms with Crippen LogP contribution in [-0.4, -0.2) is 35.6 Å². The van der Waals surface area contributed by atoms with Crippen LogP contribution in [-0.2, 0) is 4.79 Å². The topological polar surface area (TPSA) is 108 Å². The van der Waals surface area contributed by atoms with Gasteiger partial charge in [-0.05, 0) is 25.0 Å². The van der Waals surface area contributed by atoms with Crippen LogP contribution in [0.3, 0.4) is 0 Å². The average Bonchev–Trinajstić information content (AvgIpc) is 2.41. The summed E-state index contributed by atoms with van der Waals surface area (Å²) in [5.74, 6) is -1.49. The number of rotatable bonds is 3. The van der Waals surface area contributed by atoms with Gasteiger partial charge in [0, 0.05) is 6.54 Å². The zero-order chi connectivity index (χ0) is 15.4. The summed E-state index contributed by atoms with van der Waals surface area (Å²) in [6, 6.07) is 3.10. The number of carbonyl (C=O) groups is 3. The summed E-state index contributed by atoms with van der Waals surface area (Å²) in [7, 11) is 0. The molecule has 0 spiro atoms. The predicted octanol–water partition coefficient (Wildman–Crippen LogP) is 1.44. The second kappa shape index (κ2) is 6.45. The van der Waals surface area contributed by atoms with Gasteiger partial charge >= 0.3 is 12.0 Å². The van der Waals surface area contributed by atoms with Gasteiger partial charge in [0.1, 0.15) is 11.6 Å². The number of carbonyl (C=O) groups excluding carboxylic acids is 2. The molecule has 8 heteroatoms. The number of hydrogen-bond donors (Lipinski definition) is 4. The van der Waals surface area contributed by atoms with Gasteiger partial charge in [-0.2, -0.15) is 0 Å². The van der Waals surface area contributed by atoms with Crippen molar-refractivity contribution in [3.8, 4) is 0 Å². The zero-order valence-electron chi connectivity index (χ0n) is 11.0. The smallest absolute Gasteiger partial charge is 0.339 e. The molecule has 1 saturated heterocycles. The van der Waals surface area contributed by atoms with E-state index >= 15 is 0 Å². The van der Waals surface area contributed by atoms with Crippen molar-refractivity contribution in [2.45, 2.75) is 18.9 Å². The molecule has 3 amide bonds. The molecule has 21 heavy (non-hydrogen) atoms. The van der Waals surface area contributed by atoms with Crippen molar-refractivity contribution in [3.05, 3.63) is 28.8 Å². The lowest BCUT2D eigenvalue weighted by molar-refractivity contribution is -0.124. The summed E-state index contributed by atoms with van der Waals surface area (Å²) in [4.78, 5) is 34.6. The third-order valence-electron chi connectivity index (χ3n) is 3.07. The molecule has 1 aliphatic rings. The van der Waals surface area contributed by atoms with Gasteiger partial charge in [-0.25, -0.2) is 9.59 Å². The van der Waals surface area contributed by atoms with E-state index in [-0.39, 0.29) is 22.2 Å². The Labute approximate surface area is 125 Å². The molecule has 1 aromatic rings. The monoisotopic (exact) mass is 311 g/mol. The zero-order valence-corrected chi connectivity index (χ0v) is 11.7. The van der Waals surface area contributed by atoms with Crippen LogP contribution < -0.4 is 16.0 Å². The molecule has 112 valence electrons. The molecule has 0 saturated carbocycles. The summed E-state index contributed by atoms with van der Waals surface area (Å²) in [6.45, 7) is 0.593. The number of urea groups is 1. The van der Waals surface area contributed by atoms with Crippen molar-refractivity contribution in [2.24, 2.45) is 0 Å². The van der Waals surface area contributed by atoms with E-state index in [1.165, 1.54) is 18.2 Å². The molecule has 1 unspecified atom stereocenters. The Hall–Kier alpha value is -2.28. The van der Waals surface area contributed by atoms with Gasteiger partial charge in [-0.15, -0.1) is 0 Å². The second-order valence-corrected chi connectivity index (χ2v) is 4.96. The van der Waals surface area contributed by atoms with Crippen molar-refractivity contribution < 1.29 is 19.5 Å². The standard InChI is InChI=1S/C13H14ClN3O4/c14-7-3-1-4-8(10(7)12(19)20)16-13(21)17-9-5-2-6-15-11(9)18/h1,3-4,9H,2,5-6H2,(H,15,18)(H,19,20)(H2,16,17,21). The minimum atomic E-state index is -1.24. The molecule has 1 atom stereocenters. The summed E-state index contributed by atoms with van der Waals surface area (Å²) >= 11 is 5.81. The summed E-state index contributed by atoms with van der Waals surface area (Å²) in [5, 5.41) is 16.7. The quantitative estimate of drug-likeness (QED) is 0.677. The molecular weight excluding hydrogens is 298 g/mol. The van der Waals surface area contributed by atoms with Gasteiger partial charge in [-0.3, -0.25) is 4.79 Å². The van der Waals surface area contributed by atoms with E-state index in [4.69, 9.17) is 16.7 Å². The highest BCUT2D eigenvalue weighted by atomic mass is 35.5. The second-order valence-electron chi connectivity index (χ2n) is 4.55. The number of anilines is 1. The average molecular weight is 312 g/mol. The molecule has 2 rings (SSSR count). The van der Waals surface area contributed by atoms with Gasteiger partial charge in [0.05, 0.1) is 10.7 Å². The van der Waals surface area contributed by atoms with E-state index in [9.17, 15) is 14.4 Å². The normalized spacial score (nSPS) is 17.8. The van der Waals surface area contributed by atoms with Crippen molar-refractivity contribution >= 4 is 35.2 Å². The third kappa shape index (κ3) is 3.63. The largest absolute Gasteiger partial charge is 0.478 e. The van der Waals surface area contributed by atoms with Gasteiger partial charge in [0.25, 0.3) is 0 Å². The molecular formula is C13H14ClN3O4. The Balaban J connectivity index is 2.08. The highest BCUT2D eigenvalue weighted by Gasteiger charge is 2.24. The molecule has 0 radical (unpaired) electrons. The van der Waals surface area contributed by atoms with Crippen LogP contribution in [0.25, 0.3) is 0 Å². The first-order valence-corrected chi connectivity index (χ1v) is 6.74. The number of carboxylic acid groups (broad SMARTS) is 1. The predicted molar refractivity (Wildman–Crippen MR) is 76.6 cm³/mol. The first-order valence-electron chi connectivity index (χ1n) is 6.36. The Bertz CT molecular complexity index is 591. The van der Waals surface area contributed by atoms with Crippen molar-refractivity contribution in [3.63, 3.8) is 0 Å². The fourth-order valence-electron chi connectivity index (χ4n) is 2.07. The van der Waals surface area contributed by atoms with E-state index in [0.717, 1.165) is 6.42 Å². The molecule has 0 aliphatic carbocycles. The molecule has 4 N–H and O–H groups in total. The number of piperidine rings is 1. The van der Waals surface area contributed by atoms with Crippen LogP contribution in [0.5, 0.6) is 0 Å². The van der Waals surface area contributed by atoms with Crippen LogP contribution >= 0.6 is 11.6 Å². The van der Waals surface area contributed by atoms with Gasteiger partial charge in [-0.1, -0.05) is 17.7 Å². The van der Waals surface area contributed by atoms with Crippen LogP contribution in [0, 0.1) is 0 Å². The summed E-state index contributed by atoms with van der Waals surface area (Å²) in [5.41, 5.74) is -0.119. The SMILES string of the molecule is O=C(Nc1cccc(Cl)c1C(=O)O)NC1CCCNC1=O. The first-order chi connectivity index (χ1) is 9.99. The Morgan fingerprint density at radius 1 is 1.38 bits per heavy atom. The highest BCUT2D eigenvalue weighted by Crippen LogP contribution is 2.24. The maximum Gasteiger partial charge on any atom is 0.339 e. The third-order valence-corrected chi connectivity index (χ3v) is 3.38. The van der Waals surface area contributed by atoms with Crippen LogP contribution in [0.15, 0.2) is 18.2 Å². The molecule has 1 heterocycles. The highest BCUT2D eigenvalue weighted by molar-refractivity contribution is 6.34. The van der Waals surface area contributed by atoms with Crippen LogP contribution in [0.2, 0.25) is 5.02 Å². The number of aromatic carboxylic acids is 1. The maximum absolute atomic E-state index is 11.9. The molecule has 1 aliphatic heterocycles. The van der Waals surface area contributed by atoms with E-state index in [1.54, 1.807) is 0 Å². The van der Waals surface area contributed by atoms with Crippen molar-refractivity contribution in [1.82, 2.24) is 10.6 Å². The minimum absolute atomic E-state index is 0.0238. The number of carboxylic acids is 1. The molecule has 7 nitrogen and oxygen atoms in total. The fourth-order valence-corrected chi connectivity index (χ4v) is 2.33. The number of nitrogens with one attached hydrogen (secondary N) is 3. The number of amides is 3. The summed E-state index contributed by atoms with van der Waals surface area (Å²) < 4.78 is 0. The Morgan fingerprint density at radius 3 is 2.81 bits per heavy atom. The van der Waals surface area contributed by atoms with Crippen LogP contribution in [0.4, 0.5) is 10.5 Å². The van der Waals surface area contributed by atoms with Crippen LogP contribution in [0.1, 0.15) is 23.2 Å². The lowest BCUT2D eigenvalue weighted by Gasteiger charge is -2.23. The fraction of sp³-hybridized carbons (Fsp3) is 0.308. The minimum Gasteiger partial charge on any atom is -0.478 e. The van der Waals surface area contributed by atoms with Crippen molar-refractivity contribution in [1.29, 1.82) is 0 Å². The summed E-state index contributed by atoms with van der Waals surface area (Å²) in [6.07, 6.45) is 1.31. The number of halogens is 1. The maximum atomic E-state index is 11.9. The van der Waals surface area contributed by atoms with Gasteiger partial charge in [0.15, 0.2) is 0 Å². The number of benzene rings is 1. The molecule has 1 aromatic carbocycles. The molecule has 1 fully saturated rings. The number of hydrogen-bond acceptors (Lipinski definition) is 3. The van der Waals surface area contributed by atoms with E-state index in [2.05, 4.69) is 16.0 Å². The first kappa shape index (κ1) is 15.1. The van der Waals surface area contributed by atoms with Gasteiger partial charge in [0.2, 0.25) is 5.91 Å². The molecule has 0 aromatic heterocycles. The lowest BCUT2D eigenvalue weighted by atomic mass is 10.1. The van der Waals surface area contributed by atoms with Crippen molar-refractivity contribution in [2.75, 3.05) is 11.9 Å². The lowest BCUT2D eigenvalue weighted by Crippen LogP contribution is -2.51. The van der Waals surface area contributed by atoms with Gasteiger partial charge < -0.3 is 21.1 Å². The van der Waals surface area contributed by atoms with E-state index in [1.807, 2.05) is 0 Å². The van der Waals surface area contributed by atoms with E-state index < -0.39 is 18.0 Å². The Morgan fingerprint density at radius 2 is 2.14 bits per heavy atom. The van der Waals surface area contributed by atoms with E-state index in [0.29, 0.717) is 13.0 Å².